The lowest BCUT2D eigenvalue weighted by molar-refractivity contribution is -0.147. The van der Waals surface area contributed by atoms with Crippen LogP contribution in [0.1, 0.15) is 117 Å². The molecule has 0 saturated heterocycles. The summed E-state index contributed by atoms with van der Waals surface area (Å²) in [4.78, 5) is 44.5. The van der Waals surface area contributed by atoms with E-state index in [-0.39, 0.29) is 52.7 Å². The molecule has 6 aliphatic rings. The summed E-state index contributed by atoms with van der Waals surface area (Å²) in [5.74, 6) is 1.87. The molecule has 1 N–H and O–H groups in total. The van der Waals surface area contributed by atoms with Crippen LogP contribution in [0.15, 0.2) is 12.2 Å². The Labute approximate surface area is 235 Å². The Bertz CT molecular complexity index is 998. The summed E-state index contributed by atoms with van der Waals surface area (Å²) in [5, 5.41) is 3.32. The van der Waals surface area contributed by atoms with Gasteiger partial charge in [-0.15, -0.1) is 0 Å². The van der Waals surface area contributed by atoms with Crippen LogP contribution in [0.4, 0.5) is 4.79 Å². The van der Waals surface area contributed by atoms with Crippen molar-refractivity contribution in [3.8, 4) is 0 Å². The van der Waals surface area contributed by atoms with Crippen LogP contribution in [-0.2, 0) is 9.59 Å². The van der Waals surface area contributed by atoms with E-state index in [0.29, 0.717) is 17.8 Å². The quantitative estimate of drug-likeness (QED) is 0.450. The molecule has 0 radical (unpaired) electrons. The van der Waals surface area contributed by atoms with Crippen molar-refractivity contribution in [1.82, 2.24) is 15.1 Å². The van der Waals surface area contributed by atoms with Crippen LogP contribution >= 0.6 is 0 Å². The molecule has 0 spiro atoms. The summed E-state index contributed by atoms with van der Waals surface area (Å²) in [6, 6.07) is 0.456. The third-order valence-corrected chi connectivity index (χ3v) is 12.8. The van der Waals surface area contributed by atoms with Gasteiger partial charge in [-0.2, -0.15) is 0 Å². The van der Waals surface area contributed by atoms with E-state index in [2.05, 4.69) is 25.2 Å². The van der Waals surface area contributed by atoms with Crippen molar-refractivity contribution in [2.45, 2.75) is 135 Å². The Hall–Kier alpha value is -1.85. The highest BCUT2D eigenvalue weighted by atomic mass is 16.2. The first-order valence-electron chi connectivity index (χ1n) is 16.3. The number of likely N-dealkylation sites (N-methyl/N-ethyl adjacent to an activating group) is 1. The Morgan fingerprint density at radius 3 is 2.28 bits per heavy atom. The van der Waals surface area contributed by atoms with Crippen molar-refractivity contribution < 1.29 is 14.4 Å². The summed E-state index contributed by atoms with van der Waals surface area (Å²) >= 11 is 0. The molecule has 6 nitrogen and oxygen atoms in total. The number of rotatable bonds is 3. The second-order valence-corrected chi connectivity index (χ2v) is 14.6. The number of urea groups is 1. The number of nitrogens with zero attached hydrogens (tertiary/aromatic N) is 2. The van der Waals surface area contributed by atoms with E-state index < -0.39 is 0 Å². The maximum Gasteiger partial charge on any atom is 0.324 e. The number of carbonyl (C=O) groups is 3. The van der Waals surface area contributed by atoms with Crippen molar-refractivity contribution in [3.63, 3.8) is 0 Å². The highest BCUT2D eigenvalue weighted by molar-refractivity contribution is 5.96. The second kappa shape index (κ2) is 10.5. The minimum atomic E-state index is -0.104. The molecule has 7 atom stereocenters. The Morgan fingerprint density at radius 2 is 1.56 bits per heavy atom. The zero-order valence-electron chi connectivity index (χ0n) is 24.6. The van der Waals surface area contributed by atoms with Crippen LogP contribution in [0.3, 0.4) is 0 Å². The third-order valence-electron chi connectivity index (χ3n) is 12.8. The lowest BCUT2D eigenvalue weighted by Gasteiger charge is -2.60. The summed E-state index contributed by atoms with van der Waals surface area (Å²) < 4.78 is 0. The van der Waals surface area contributed by atoms with Crippen molar-refractivity contribution in [1.29, 1.82) is 0 Å². The topological polar surface area (TPSA) is 69.7 Å². The van der Waals surface area contributed by atoms with Gasteiger partial charge in [0.25, 0.3) is 0 Å². The van der Waals surface area contributed by atoms with Gasteiger partial charge in [0.05, 0.1) is 0 Å². The number of nitrogens with one attached hydrogen (secondary N) is 1. The molecule has 0 aromatic rings. The van der Waals surface area contributed by atoms with Crippen LogP contribution in [0.5, 0.6) is 0 Å². The van der Waals surface area contributed by atoms with E-state index in [4.69, 9.17) is 0 Å². The van der Waals surface area contributed by atoms with Gasteiger partial charge in [-0.3, -0.25) is 14.5 Å². The van der Waals surface area contributed by atoms with Crippen LogP contribution in [0, 0.1) is 34.5 Å². The first kappa shape index (κ1) is 27.3. The molecule has 4 amide bonds. The largest absolute Gasteiger partial charge is 0.338 e. The number of carbonyl (C=O) groups excluding carboxylic acids is 3. The first-order valence-corrected chi connectivity index (χ1v) is 16.3. The van der Waals surface area contributed by atoms with E-state index in [1.807, 2.05) is 11.9 Å². The fourth-order valence-electron chi connectivity index (χ4n) is 10.6. The van der Waals surface area contributed by atoms with Crippen molar-refractivity contribution in [3.05, 3.63) is 12.2 Å². The van der Waals surface area contributed by atoms with Gasteiger partial charge in [-0.1, -0.05) is 58.4 Å². The molecule has 0 bridgehead atoms. The highest BCUT2D eigenvalue weighted by Crippen LogP contribution is 2.65. The van der Waals surface area contributed by atoms with Crippen LogP contribution < -0.4 is 5.32 Å². The van der Waals surface area contributed by atoms with Gasteiger partial charge >= 0.3 is 6.03 Å². The smallest absolute Gasteiger partial charge is 0.324 e. The van der Waals surface area contributed by atoms with Gasteiger partial charge in [0.15, 0.2) is 0 Å². The van der Waals surface area contributed by atoms with Gasteiger partial charge in [-0.25, -0.2) is 4.79 Å². The predicted octanol–water partition coefficient (Wildman–Crippen LogP) is 6.45. The molecule has 39 heavy (non-hydrogen) atoms. The average molecular weight is 538 g/mol. The second-order valence-electron chi connectivity index (χ2n) is 14.6. The number of imide groups is 1. The minimum absolute atomic E-state index is 0.0169. The zero-order valence-corrected chi connectivity index (χ0v) is 24.6. The Morgan fingerprint density at radius 1 is 0.872 bits per heavy atom. The van der Waals surface area contributed by atoms with E-state index in [9.17, 15) is 14.4 Å². The number of amides is 4. The van der Waals surface area contributed by atoms with Crippen molar-refractivity contribution in [2.75, 3.05) is 7.05 Å². The summed E-state index contributed by atoms with van der Waals surface area (Å²) in [6.07, 6.45) is 21.4. The fraction of sp³-hybridized carbons (Fsp3) is 0.848. The van der Waals surface area contributed by atoms with Gasteiger partial charge in [-0.05, 0) is 93.5 Å². The SMILES string of the molecule is CN1C(=O)C=C[C@@]2(C)C1CC[C@@H]1[C@H]2CC[C@]2(C)C(C(=O)N(C(=O)NC3CCCCC3)C3CCCCC3)CC[C@@H]12. The monoisotopic (exact) mass is 537 g/mol. The molecule has 2 unspecified atom stereocenters. The molecule has 216 valence electrons. The minimum Gasteiger partial charge on any atom is -0.338 e. The molecule has 6 rings (SSSR count). The lowest BCUT2D eigenvalue weighted by atomic mass is 9.47. The van der Waals surface area contributed by atoms with Crippen molar-refractivity contribution >= 4 is 17.8 Å². The number of hydrogen-bond donors (Lipinski definition) is 1. The normalized spacial score (nSPS) is 40.9. The predicted molar refractivity (Wildman–Crippen MR) is 153 cm³/mol. The highest BCUT2D eigenvalue weighted by Gasteiger charge is 2.62. The van der Waals surface area contributed by atoms with Gasteiger partial charge in [0, 0.05) is 36.5 Å². The molecular weight excluding hydrogens is 486 g/mol. The molecule has 5 aliphatic carbocycles. The summed E-state index contributed by atoms with van der Waals surface area (Å²) in [6.45, 7) is 4.77. The van der Waals surface area contributed by atoms with Gasteiger partial charge in [0.2, 0.25) is 11.8 Å². The molecule has 1 heterocycles. The van der Waals surface area contributed by atoms with Crippen molar-refractivity contribution in [2.24, 2.45) is 34.5 Å². The van der Waals surface area contributed by atoms with Gasteiger partial charge in [0.1, 0.15) is 0 Å². The van der Waals surface area contributed by atoms with Crippen LogP contribution in [-0.4, -0.2) is 52.8 Å². The molecular formula is C33H51N3O3. The molecule has 5 fully saturated rings. The standard InChI is InChI=1S/C33H51N3O3/c1-32-20-18-26-24(14-17-28-33(26,2)21-19-29(37)35(28)3)25(32)15-16-27(32)30(38)36(23-12-8-5-9-13-23)31(39)34-22-10-6-4-7-11-22/h19,21-28H,4-18,20H2,1-3H3,(H,34,39)/t24-,25-,26+,27?,28?,32-,33+/m0/s1. The first-order chi connectivity index (χ1) is 18.7. The molecule has 0 aromatic carbocycles. The van der Waals surface area contributed by atoms with E-state index in [0.717, 1.165) is 77.0 Å². The fourth-order valence-corrected chi connectivity index (χ4v) is 10.6. The van der Waals surface area contributed by atoms with E-state index >= 15 is 0 Å². The Kier molecular flexibility index (Phi) is 7.37. The average Bonchev–Trinajstić information content (AvgIpc) is 3.29. The number of fused-ring (bicyclic) bond motifs is 5. The molecule has 5 saturated carbocycles. The van der Waals surface area contributed by atoms with Crippen LogP contribution in [0.25, 0.3) is 0 Å². The maximum absolute atomic E-state index is 14.5. The maximum atomic E-state index is 14.5. The van der Waals surface area contributed by atoms with Crippen LogP contribution in [0.2, 0.25) is 0 Å². The summed E-state index contributed by atoms with van der Waals surface area (Å²) in [7, 11) is 1.98. The molecule has 6 heteroatoms. The Balaban J connectivity index is 1.23. The molecule has 1 aliphatic heterocycles. The van der Waals surface area contributed by atoms with E-state index in [1.54, 1.807) is 11.0 Å². The summed E-state index contributed by atoms with van der Waals surface area (Å²) in [5.41, 5.74) is -0.0252. The van der Waals surface area contributed by atoms with Gasteiger partial charge < -0.3 is 10.2 Å². The zero-order chi connectivity index (χ0) is 27.4. The van der Waals surface area contributed by atoms with E-state index in [1.165, 1.54) is 25.7 Å². The third kappa shape index (κ3) is 4.56. The number of hydrogen-bond acceptors (Lipinski definition) is 3. The lowest BCUT2D eigenvalue weighted by Crippen LogP contribution is -2.60. The molecule has 0 aromatic heterocycles.